The monoisotopic (exact) mass is 422 g/mol. The Kier molecular flexibility index (Phi) is 8.60. The van der Waals surface area contributed by atoms with Crippen LogP contribution in [0.25, 0.3) is 0 Å². The lowest BCUT2D eigenvalue weighted by Gasteiger charge is -2.40. The van der Waals surface area contributed by atoms with Crippen molar-refractivity contribution in [2.24, 2.45) is 0 Å². The Bertz CT molecular complexity index is 593. The van der Waals surface area contributed by atoms with Gasteiger partial charge in [0.15, 0.2) is 5.78 Å². The second-order valence-electron chi connectivity index (χ2n) is 5.86. The Morgan fingerprint density at radius 3 is 2.04 bits per heavy atom. The molecular formula is C12H22O14S. The summed E-state index contributed by atoms with van der Waals surface area (Å²) in [6, 6.07) is 0. The van der Waals surface area contributed by atoms with E-state index in [1.165, 1.54) is 0 Å². The van der Waals surface area contributed by atoms with Crippen molar-refractivity contribution in [1.29, 1.82) is 0 Å². The van der Waals surface area contributed by atoms with Crippen LogP contribution in [0.2, 0.25) is 0 Å². The zero-order valence-corrected chi connectivity index (χ0v) is 14.4. The van der Waals surface area contributed by atoms with Gasteiger partial charge in [-0.15, -0.1) is 0 Å². The van der Waals surface area contributed by atoms with E-state index in [0.29, 0.717) is 0 Å². The average Bonchev–Trinajstić information content (AvgIpc) is 2.61. The fourth-order valence-corrected chi connectivity index (χ4v) is 2.65. The first-order valence-corrected chi connectivity index (χ1v) is 8.86. The van der Waals surface area contributed by atoms with E-state index in [1.807, 2.05) is 0 Å². The predicted octanol–water partition coefficient (Wildman–Crippen LogP) is -6.34. The maximum atomic E-state index is 12.2. The first-order valence-electron chi connectivity index (χ1n) is 7.50. The molecule has 0 radical (unpaired) electrons. The van der Waals surface area contributed by atoms with Gasteiger partial charge in [-0.2, -0.15) is 8.42 Å². The molecule has 160 valence electrons. The minimum atomic E-state index is -4.97. The van der Waals surface area contributed by atoms with E-state index < -0.39 is 84.3 Å². The van der Waals surface area contributed by atoms with Gasteiger partial charge >= 0.3 is 10.4 Å². The molecule has 0 aromatic heterocycles. The highest BCUT2D eigenvalue weighted by Gasteiger charge is 2.49. The summed E-state index contributed by atoms with van der Waals surface area (Å²) in [5, 5.41) is 76.8. The van der Waals surface area contributed by atoms with E-state index in [1.54, 1.807) is 0 Å². The molecule has 1 unspecified atom stereocenters. The Morgan fingerprint density at radius 2 is 1.56 bits per heavy atom. The highest BCUT2D eigenvalue weighted by molar-refractivity contribution is 7.80. The van der Waals surface area contributed by atoms with Crippen LogP contribution in [0.4, 0.5) is 0 Å². The van der Waals surface area contributed by atoms with E-state index in [0.717, 1.165) is 0 Å². The number of hydrogen-bond donors (Lipinski definition) is 9. The largest absolute Gasteiger partial charge is 0.397 e. The van der Waals surface area contributed by atoms with Crippen molar-refractivity contribution in [1.82, 2.24) is 0 Å². The number of aliphatic hydroxyl groups excluding tert-OH is 8. The van der Waals surface area contributed by atoms with Crippen LogP contribution in [0.15, 0.2) is 0 Å². The third-order valence-corrected chi connectivity index (χ3v) is 4.35. The molecule has 1 fully saturated rings. The number of ketones is 1. The van der Waals surface area contributed by atoms with Crippen molar-refractivity contribution in [3.63, 3.8) is 0 Å². The molecule has 1 saturated heterocycles. The number of aliphatic hydroxyl groups is 8. The van der Waals surface area contributed by atoms with Gasteiger partial charge in [0, 0.05) is 0 Å². The highest BCUT2D eigenvalue weighted by atomic mass is 32.3. The van der Waals surface area contributed by atoms with Crippen molar-refractivity contribution < 1.29 is 67.5 Å². The van der Waals surface area contributed by atoms with Crippen LogP contribution in [0.3, 0.4) is 0 Å². The maximum Gasteiger partial charge on any atom is 0.397 e. The van der Waals surface area contributed by atoms with Gasteiger partial charge in [-0.25, -0.2) is 4.18 Å². The third kappa shape index (κ3) is 6.08. The number of carbonyl (C=O) groups is 1. The van der Waals surface area contributed by atoms with Crippen LogP contribution in [-0.4, -0.2) is 128 Å². The van der Waals surface area contributed by atoms with Crippen molar-refractivity contribution in [2.45, 2.75) is 54.9 Å². The summed E-state index contributed by atoms with van der Waals surface area (Å²) >= 11 is 0. The Labute approximate surface area is 152 Å². The zero-order chi connectivity index (χ0) is 21.1. The predicted molar refractivity (Wildman–Crippen MR) is 80.3 cm³/mol. The van der Waals surface area contributed by atoms with Gasteiger partial charge in [-0.3, -0.25) is 9.35 Å². The SMILES string of the molecule is O=C(C1O[C@H](CO)[C@H](O)[C@H](O)[C@H]1O)[C@@H](O)[C@H](O)[C@H](O)[C@@H](O)COS(=O)(=O)O. The van der Waals surface area contributed by atoms with Crippen LogP contribution in [0, 0.1) is 0 Å². The van der Waals surface area contributed by atoms with Gasteiger partial charge in [-0.1, -0.05) is 0 Å². The number of hydrogen-bond acceptors (Lipinski definition) is 13. The zero-order valence-electron chi connectivity index (χ0n) is 13.6. The molecule has 1 heterocycles. The first kappa shape index (κ1) is 24.2. The van der Waals surface area contributed by atoms with Crippen LogP contribution in [0.5, 0.6) is 0 Å². The van der Waals surface area contributed by atoms with Crippen molar-refractivity contribution in [2.75, 3.05) is 13.2 Å². The second-order valence-corrected chi connectivity index (χ2v) is 6.95. The number of ether oxygens (including phenoxy) is 1. The minimum absolute atomic E-state index is 0.859. The van der Waals surface area contributed by atoms with E-state index in [4.69, 9.17) is 14.4 Å². The summed E-state index contributed by atoms with van der Waals surface area (Å²) in [7, 11) is -4.97. The van der Waals surface area contributed by atoms with Crippen molar-refractivity contribution in [3.05, 3.63) is 0 Å². The summed E-state index contributed by atoms with van der Waals surface area (Å²) in [5.74, 6) is -1.47. The molecule has 27 heavy (non-hydrogen) atoms. The molecule has 0 aromatic rings. The lowest BCUT2D eigenvalue weighted by molar-refractivity contribution is -0.231. The topological polar surface area (TPSA) is 252 Å². The van der Waals surface area contributed by atoms with E-state index in [-0.39, 0.29) is 0 Å². The highest BCUT2D eigenvalue weighted by Crippen LogP contribution is 2.23. The molecule has 1 aliphatic rings. The average molecular weight is 422 g/mol. The van der Waals surface area contributed by atoms with E-state index in [9.17, 15) is 49.0 Å². The lowest BCUT2D eigenvalue weighted by Crippen LogP contribution is -2.63. The fourth-order valence-electron chi connectivity index (χ4n) is 2.34. The van der Waals surface area contributed by atoms with Gasteiger partial charge in [0.1, 0.15) is 54.9 Å². The normalized spacial score (nSPS) is 33.9. The van der Waals surface area contributed by atoms with Crippen molar-refractivity contribution in [3.8, 4) is 0 Å². The first-order chi connectivity index (χ1) is 12.3. The van der Waals surface area contributed by atoms with Crippen LogP contribution < -0.4 is 0 Å². The Morgan fingerprint density at radius 1 is 1.00 bits per heavy atom. The minimum Gasteiger partial charge on any atom is -0.394 e. The van der Waals surface area contributed by atoms with Crippen LogP contribution in [0.1, 0.15) is 0 Å². The van der Waals surface area contributed by atoms with Gasteiger partial charge in [0.05, 0.1) is 13.2 Å². The van der Waals surface area contributed by atoms with Crippen LogP contribution >= 0.6 is 0 Å². The van der Waals surface area contributed by atoms with Gasteiger partial charge < -0.3 is 45.6 Å². The Hall–Kier alpha value is -0.820. The van der Waals surface area contributed by atoms with Gasteiger partial charge in [-0.05, 0) is 0 Å². The summed E-state index contributed by atoms with van der Waals surface area (Å²) in [6.07, 6.45) is -18.7. The molecule has 0 bridgehead atoms. The number of rotatable bonds is 9. The summed E-state index contributed by atoms with van der Waals surface area (Å²) in [5.41, 5.74) is 0. The fraction of sp³-hybridized carbons (Fsp3) is 0.917. The summed E-state index contributed by atoms with van der Waals surface area (Å²) < 4.78 is 37.8. The van der Waals surface area contributed by atoms with Gasteiger partial charge in [0.25, 0.3) is 0 Å². The molecule has 0 spiro atoms. The molecule has 0 saturated carbocycles. The molecule has 1 rings (SSSR count). The standard InChI is InChI=1S/C12H22O14S/c13-1-4-6(16)8(18)10(20)12(26-4)11(21)9(19)7(17)5(15)3(14)2-25-27(22,23)24/h3-10,12-20H,1-2H2,(H,22,23,24)/t3-,4+,5+,6-,7+,8-,9-,10+,12?/m0/s1. The van der Waals surface area contributed by atoms with Crippen molar-refractivity contribution >= 4 is 16.2 Å². The molecular weight excluding hydrogens is 400 g/mol. The maximum absolute atomic E-state index is 12.2. The van der Waals surface area contributed by atoms with E-state index in [2.05, 4.69) is 4.18 Å². The van der Waals surface area contributed by atoms with E-state index >= 15 is 0 Å². The van der Waals surface area contributed by atoms with Gasteiger partial charge in [0.2, 0.25) is 0 Å². The molecule has 0 aromatic carbocycles. The number of Topliss-reactive ketones (excluding diaryl/α,β-unsaturated/α-hetero) is 1. The summed E-state index contributed by atoms with van der Waals surface area (Å²) in [6.45, 7) is -2.08. The molecule has 0 amide bonds. The molecule has 9 N–H and O–H groups in total. The smallest absolute Gasteiger partial charge is 0.394 e. The molecule has 15 heteroatoms. The lowest BCUT2D eigenvalue weighted by atomic mass is 9.89. The number of carbonyl (C=O) groups excluding carboxylic acids is 1. The third-order valence-electron chi connectivity index (χ3n) is 3.92. The van der Waals surface area contributed by atoms with Crippen LogP contribution in [-0.2, 0) is 24.1 Å². The Balaban J connectivity index is 2.81. The molecule has 9 atom stereocenters. The molecule has 1 aliphatic heterocycles. The molecule has 14 nitrogen and oxygen atoms in total. The summed E-state index contributed by atoms with van der Waals surface area (Å²) in [4.78, 5) is 12.2. The quantitative estimate of drug-likeness (QED) is 0.157. The second kappa shape index (κ2) is 9.59. The molecule has 0 aliphatic carbocycles.